The zero-order valence-electron chi connectivity index (χ0n) is 14.5. The Morgan fingerprint density at radius 1 is 1.11 bits per heavy atom. The summed E-state index contributed by atoms with van der Waals surface area (Å²) in [5.41, 5.74) is -1.84. The molecule has 8 heteroatoms. The Labute approximate surface area is 160 Å². The van der Waals surface area contributed by atoms with Crippen LogP contribution in [0.5, 0.6) is 0 Å². The lowest BCUT2D eigenvalue weighted by Crippen LogP contribution is -2.59. The second kappa shape index (κ2) is 8.49. The van der Waals surface area contributed by atoms with Crippen LogP contribution in [0.4, 0.5) is 13.2 Å². The minimum absolute atomic E-state index is 0.0969. The molecule has 2 aromatic rings. The second-order valence-corrected chi connectivity index (χ2v) is 6.43. The monoisotopic (exact) mass is 396 g/mol. The summed E-state index contributed by atoms with van der Waals surface area (Å²) in [6, 6.07) is 13.8. The largest absolute Gasteiger partial charge is 0.415 e. The molecule has 0 spiro atoms. The van der Waals surface area contributed by atoms with Gasteiger partial charge < -0.3 is 10.4 Å². The van der Waals surface area contributed by atoms with Gasteiger partial charge in [0.25, 0.3) is 5.91 Å². The minimum atomic E-state index is -4.77. The summed E-state index contributed by atoms with van der Waals surface area (Å²) in [6.07, 6.45) is -5.44. The Bertz CT molecular complexity index is 812. The molecule has 4 nitrogen and oxygen atoms in total. The van der Waals surface area contributed by atoms with Crippen molar-refractivity contribution in [1.82, 2.24) is 10.6 Å². The third-order valence-electron chi connectivity index (χ3n) is 4.07. The Morgan fingerprint density at radius 2 is 1.78 bits per heavy atom. The number of hydrogen-bond acceptors (Lipinski definition) is 3. The van der Waals surface area contributed by atoms with Crippen LogP contribution < -0.4 is 10.6 Å². The first-order valence-electron chi connectivity index (χ1n) is 8.13. The van der Waals surface area contributed by atoms with Gasteiger partial charge in [-0.25, -0.2) is 0 Å². The minimum Gasteiger partial charge on any atom is -0.396 e. The molecule has 0 saturated carbocycles. The fourth-order valence-corrected chi connectivity index (χ4v) is 2.99. The zero-order chi connectivity index (χ0) is 20.1. The van der Waals surface area contributed by atoms with Gasteiger partial charge in [0.15, 0.2) is 10.7 Å². The maximum absolute atomic E-state index is 14.1. The van der Waals surface area contributed by atoms with Crippen LogP contribution in [0.1, 0.15) is 27.9 Å². The molecular formula is C19H19F3N2O2S. The predicted octanol–water partition coefficient (Wildman–Crippen LogP) is 3.44. The SMILES string of the molecule is Cc1cccc(C(CCO)(NC(=S)NC(=O)c2ccccc2)C(F)(F)F)c1. The molecule has 1 unspecified atom stereocenters. The molecule has 1 atom stereocenters. The van der Waals surface area contributed by atoms with E-state index < -0.39 is 35.8 Å². The van der Waals surface area contributed by atoms with Gasteiger partial charge in [-0.1, -0.05) is 48.0 Å². The van der Waals surface area contributed by atoms with Crippen molar-refractivity contribution in [2.75, 3.05) is 6.61 Å². The van der Waals surface area contributed by atoms with Crippen molar-refractivity contribution in [3.05, 3.63) is 71.3 Å². The first-order valence-corrected chi connectivity index (χ1v) is 8.54. The molecule has 0 bridgehead atoms. The summed E-state index contributed by atoms with van der Waals surface area (Å²) in [5, 5.41) is 13.3. The highest BCUT2D eigenvalue weighted by Crippen LogP contribution is 2.41. The molecule has 27 heavy (non-hydrogen) atoms. The topological polar surface area (TPSA) is 61.4 Å². The fourth-order valence-electron chi connectivity index (χ4n) is 2.72. The molecule has 0 heterocycles. The third-order valence-corrected chi connectivity index (χ3v) is 4.28. The standard InChI is InChI=1S/C19H19F3N2O2S/c1-13-6-5-9-15(12-13)18(10-11-25,19(20,21)22)24-17(27)23-16(26)14-7-3-2-4-8-14/h2-9,12,25H,10-11H2,1H3,(H2,23,24,26,27). The van der Waals surface area contributed by atoms with E-state index in [0.717, 1.165) is 0 Å². The summed E-state index contributed by atoms with van der Waals surface area (Å²) in [7, 11) is 0. The highest BCUT2D eigenvalue weighted by Gasteiger charge is 2.56. The number of benzene rings is 2. The van der Waals surface area contributed by atoms with Crippen molar-refractivity contribution in [2.24, 2.45) is 0 Å². The molecule has 2 rings (SSSR count). The maximum Gasteiger partial charge on any atom is 0.415 e. The lowest BCUT2D eigenvalue weighted by Gasteiger charge is -2.37. The molecule has 0 saturated heterocycles. The number of carbonyl (C=O) groups is 1. The number of nitrogens with one attached hydrogen (secondary N) is 2. The lowest BCUT2D eigenvalue weighted by molar-refractivity contribution is -0.200. The summed E-state index contributed by atoms with van der Waals surface area (Å²) in [5.74, 6) is -0.627. The van der Waals surface area contributed by atoms with Gasteiger partial charge in [-0.15, -0.1) is 0 Å². The van der Waals surface area contributed by atoms with E-state index in [-0.39, 0.29) is 11.1 Å². The number of rotatable bonds is 5. The number of halogens is 3. The molecule has 0 aliphatic rings. The van der Waals surface area contributed by atoms with Gasteiger partial charge in [0.1, 0.15) is 0 Å². The van der Waals surface area contributed by atoms with E-state index in [1.807, 2.05) is 0 Å². The quantitative estimate of drug-likeness (QED) is 0.678. The summed E-state index contributed by atoms with van der Waals surface area (Å²) < 4.78 is 42.2. The summed E-state index contributed by atoms with van der Waals surface area (Å²) >= 11 is 4.97. The van der Waals surface area contributed by atoms with E-state index in [9.17, 15) is 23.1 Å². The molecule has 144 valence electrons. The van der Waals surface area contributed by atoms with Gasteiger partial charge in [0.05, 0.1) is 0 Å². The van der Waals surface area contributed by atoms with Gasteiger partial charge in [0.2, 0.25) is 0 Å². The highest BCUT2D eigenvalue weighted by molar-refractivity contribution is 7.80. The normalized spacial score (nSPS) is 13.5. The zero-order valence-corrected chi connectivity index (χ0v) is 15.3. The lowest BCUT2D eigenvalue weighted by atomic mass is 9.85. The van der Waals surface area contributed by atoms with Crippen LogP contribution in [0.2, 0.25) is 0 Å². The fraction of sp³-hybridized carbons (Fsp3) is 0.263. The van der Waals surface area contributed by atoms with Gasteiger partial charge in [-0.2, -0.15) is 13.2 Å². The van der Waals surface area contributed by atoms with Crippen molar-refractivity contribution in [2.45, 2.75) is 25.1 Å². The van der Waals surface area contributed by atoms with Gasteiger partial charge in [-0.05, 0) is 36.8 Å². The summed E-state index contributed by atoms with van der Waals surface area (Å²) in [6.45, 7) is 0.939. The third kappa shape index (κ3) is 4.84. The van der Waals surface area contributed by atoms with E-state index in [1.54, 1.807) is 31.2 Å². The Morgan fingerprint density at radius 3 is 2.33 bits per heavy atom. The van der Waals surface area contributed by atoms with E-state index >= 15 is 0 Å². The van der Waals surface area contributed by atoms with Crippen molar-refractivity contribution < 1.29 is 23.1 Å². The van der Waals surface area contributed by atoms with Crippen LogP contribution in [0.25, 0.3) is 0 Å². The van der Waals surface area contributed by atoms with Gasteiger partial charge in [-0.3, -0.25) is 10.1 Å². The molecule has 3 N–H and O–H groups in total. The maximum atomic E-state index is 14.1. The van der Waals surface area contributed by atoms with Crippen LogP contribution in [-0.2, 0) is 5.54 Å². The molecule has 2 aromatic carbocycles. The van der Waals surface area contributed by atoms with E-state index in [0.29, 0.717) is 5.56 Å². The Balaban J connectivity index is 2.34. The van der Waals surface area contributed by atoms with Gasteiger partial charge in [0, 0.05) is 18.6 Å². The number of hydrogen-bond donors (Lipinski definition) is 3. The van der Waals surface area contributed by atoms with Crippen molar-refractivity contribution >= 4 is 23.2 Å². The van der Waals surface area contributed by atoms with Crippen LogP contribution in [0.15, 0.2) is 54.6 Å². The Hall–Kier alpha value is -2.45. The van der Waals surface area contributed by atoms with Crippen molar-refractivity contribution in [1.29, 1.82) is 0 Å². The van der Waals surface area contributed by atoms with Gasteiger partial charge >= 0.3 is 6.18 Å². The van der Waals surface area contributed by atoms with Crippen LogP contribution in [-0.4, -0.2) is 28.9 Å². The van der Waals surface area contributed by atoms with Crippen LogP contribution >= 0.6 is 12.2 Å². The molecule has 0 aliphatic heterocycles. The highest BCUT2D eigenvalue weighted by atomic mass is 32.1. The van der Waals surface area contributed by atoms with E-state index in [4.69, 9.17) is 12.2 Å². The number of amides is 1. The Kier molecular flexibility index (Phi) is 6.56. The predicted molar refractivity (Wildman–Crippen MR) is 100 cm³/mol. The number of alkyl halides is 3. The first kappa shape index (κ1) is 20.9. The van der Waals surface area contributed by atoms with Crippen LogP contribution in [0, 0.1) is 6.92 Å². The van der Waals surface area contributed by atoms with Crippen molar-refractivity contribution in [3.8, 4) is 0 Å². The number of thiocarbonyl (C=S) groups is 1. The molecule has 0 fully saturated rings. The molecule has 0 aromatic heterocycles. The average Bonchev–Trinajstić information content (AvgIpc) is 2.61. The summed E-state index contributed by atoms with van der Waals surface area (Å²) in [4.78, 5) is 12.2. The van der Waals surface area contributed by atoms with Crippen LogP contribution in [0.3, 0.4) is 0 Å². The first-order chi connectivity index (χ1) is 12.7. The molecule has 0 aliphatic carbocycles. The smallest absolute Gasteiger partial charge is 0.396 e. The van der Waals surface area contributed by atoms with Crippen molar-refractivity contribution in [3.63, 3.8) is 0 Å². The molecular weight excluding hydrogens is 377 g/mol. The van der Waals surface area contributed by atoms with E-state index in [1.165, 1.54) is 30.3 Å². The second-order valence-electron chi connectivity index (χ2n) is 6.02. The number of carbonyl (C=O) groups excluding carboxylic acids is 1. The molecule has 0 radical (unpaired) electrons. The average molecular weight is 396 g/mol. The number of aryl methyl sites for hydroxylation is 1. The number of aliphatic hydroxyl groups excluding tert-OH is 1. The van der Waals surface area contributed by atoms with E-state index in [2.05, 4.69) is 10.6 Å². The molecule has 1 amide bonds. The number of aliphatic hydroxyl groups is 1.